The summed E-state index contributed by atoms with van der Waals surface area (Å²) in [7, 11) is 0. The molecule has 7 heteroatoms. The lowest BCUT2D eigenvalue weighted by atomic mass is 10.2. The third-order valence-electron chi connectivity index (χ3n) is 2.12. The SMILES string of the molecule is Cc1cc(/C(N)=N/O)cc(Sc2nc(C)cs2)n1. The molecule has 0 unspecified atom stereocenters. The van der Waals surface area contributed by atoms with Crippen LogP contribution in [0.2, 0.25) is 0 Å². The van der Waals surface area contributed by atoms with Crippen molar-refractivity contribution in [3.05, 3.63) is 34.5 Å². The number of aryl methyl sites for hydroxylation is 2. The van der Waals surface area contributed by atoms with E-state index in [0.29, 0.717) is 5.56 Å². The van der Waals surface area contributed by atoms with E-state index in [4.69, 9.17) is 10.9 Å². The molecule has 0 fully saturated rings. The van der Waals surface area contributed by atoms with Gasteiger partial charge in [0.05, 0.1) is 0 Å². The lowest BCUT2D eigenvalue weighted by Crippen LogP contribution is -2.13. The smallest absolute Gasteiger partial charge is 0.170 e. The molecular formula is C11H12N4OS2. The normalized spacial score (nSPS) is 11.8. The molecule has 2 rings (SSSR count). The molecule has 0 bridgehead atoms. The van der Waals surface area contributed by atoms with E-state index in [1.165, 1.54) is 11.8 Å². The molecule has 2 heterocycles. The summed E-state index contributed by atoms with van der Waals surface area (Å²) in [5.74, 6) is 0.0812. The number of nitrogens with zero attached hydrogens (tertiary/aromatic N) is 3. The summed E-state index contributed by atoms with van der Waals surface area (Å²) in [5.41, 5.74) is 8.04. The molecule has 0 amide bonds. The molecule has 0 saturated heterocycles. The van der Waals surface area contributed by atoms with Crippen LogP contribution < -0.4 is 5.73 Å². The number of hydrogen-bond acceptors (Lipinski definition) is 6. The van der Waals surface area contributed by atoms with Gasteiger partial charge in [-0.15, -0.1) is 11.3 Å². The third-order valence-corrected chi connectivity index (χ3v) is 4.10. The summed E-state index contributed by atoms with van der Waals surface area (Å²) in [4.78, 5) is 8.75. The minimum Gasteiger partial charge on any atom is -0.409 e. The first-order valence-corrected chi connectivity index (χ1v) is 6.84. The van der Waals surface area contributed by atoms with Crippen LogP contribution in [0, 0.1) is 13.8 Å². The topological polar surface area (TPSA) is 84.4 Å². The fraction of sp³-hybridized carbons (Fsp3) is 0.182. The van der Waals surface area contributed by atoms with E-state index in [9.17, 15) is 0 Å². The van der Waals surface area contributed by atoms with Gasteiger partial charge in [-0.05, 0) is 37.7 Å². The van der Waals surface area contributed by atoms with Gasteiger partial charge in [-0.25, -0.2) is 9.97 Å². The van der Waals surface area contributed by atoms with Crippen LogP contribution in [0.4, 0.5) is 0 Å². The largest absolute Gasteiger partial charge is 0.409 e. The summed E-state index contributed by atoms with van der Waals surface area (Å²) in [5, 5.41) is 14.5. The molecule has 2 aromatic heterocycles. The predicted molar refractivity (Wildman–Crippen MR) is 72.5 cm³/mol. The van der Waals surface area contributed by atoms with Gasteiger partial charge in [0.1, 0.15) is 5.03 Å². The van der Waals surface area contributed by atoms with Crippen LogP contribution in [0.25, 0.3) is 0 Å². The van der Waals surface area contributed by atoms with Crippen molar-refractivity contribution in [3.8, 4) is 0 Å². The van der Waals surface area contributed by atoms with E-state index < -0.39 is 0 Å². The molecule has 0 aliphatic rings. The lowest BCUT2D eigenvalue weighted by Gasteiger charge is -2.03. The average molecular weight is 280 g/mol. The Morgan fingerprint density at radius 3 is 2.72 bits per heavy atom. The second-order valence-electron chi connectivity index (χ2n) is 3.68. The fourth-order valence-electron chi connectivity index (χ4n) is 1.36. The van der Waals surface area contributed by atoms with Gasteiger partial charge in [0.15, 0.2) is 10.2 Å². The van der Waals surface area contributed by atoms with Gasteiger partial charge in [0.2, 0.25) is 0 Å². The Bertz CT molecular complexity index is 594. The zero-order valence-electron chi connectivity index (χ0n) is 9.91. The van der Waals surface area contributed by atoms with Crippen molar-refractivity contribution >= 4 is 28.9 Å². The highest BCUT2D eigenvalue weighted by Gasteiger charge is 2.07. The van der Waals surface area contributed by atoms with Crippen LogP contribution in [-0.4, -0.2) is 21.0 Å². The maximum absolute atomic E-state index is 8.69. The van der Waals surface area contributed by atoms with Gasteiger partial charge >= 0.3 is 0 Å². The Morgan fingerprint density at radius 1 is 1.33 bits per heavy atom. The quantitative estimate of drug-likeness (QED) is 0.390. The minimum absolute atomic E-state index is 0.0812. The third kappa shape index (κ3) is 2.99. The Hall–Kier alpha value is -1.60. The van der Waals surface area contributed by atoms with Crippen LogP contribution in [0.1, 0.15) is 17.0 Å². The molecule has 0 aliphatic carbocycles. The van der Waals surface area contributed by atoms with Gasteiger partial charge in [-0.3, -0.25) is 0 Å². The van der Waals surface area contributed by atoms with Crippen LogP contribution >= 0.6 is 23.1 Å². The molecule has 0 radical (unpaired) electrons. The Kier molecular flexibility index (Phi) is 3.83. The number of amidine groups is 1. The number of aromatic nitrogens is 2. The highest BCUT2D eigenvalue weighted by Crippen LogP contribution is 2.29. The van der Waals surface area contributed by atoms with E-state index in [1.54, 1.807) is 23.5 Å². The highest BCUT2D eigenvalue weighted by molar-refractivity contribution is 8.01. The standard InChI is InChI=1S/C11H12N4OS2/c1-6-3-8(10(12)15-16)4-9(13-6)18-11-14-7(2)5-17-11/h3-5,16H,1-2H3,(H2,12,15). The van der Waals surface area contributed by atoms with Crippen molar-refractivity contribution in [2.45, 2.75) is 23.2 Å². The second kappa shape index (κ2) is 5.36. The fourth-order valence-corrected chi connectivity index (χ4v) is 3.22. The van der Waals surface area contributed by atoms with Crippen molar-refractivity contribution in [3.63, 3.8) is 0 Å². The molecule has 0 saturated carbocycles. The molecule has 3 N–H and O–H groups in total. The molecule has 0 aromatic carbocycles. The minimum atomic E-state index is 0.0812. The number of hydrogen-bond donors (Lipinski definition) is 2. The molecule has 0 aliphatic heterocycles. The van der Waals surface area contributed by atoms with Crippen LogP contribution in [-0.2, 0) is 0 Å². The molecular weight excluding hydrogens is 268 g/mol. The second-order valence-corrected chi connectivity index (χ2v) is 5.80. The van der Waals surface area contributed by atoms with Crippen LogP contribution in [0.5, 0.6) is 0 Å². The highest BCUT2D eigenvalue weighted by atomic mass is 32.2. The number of nitrogens with two attached hydrogens (primary N) is 1. The van der Waals surface area contributed by atoms with Gasteiger partial charge in [0, 0.05) is 22.3 Å². The van der Waals surface area contributed by atoms with E-state index in [0.717, 1.165) is 20.8 Å². The monoisotopic (exact) mass is 280 g/mol. The lowest BCUT2D eigenvalue weighted by molar-refractivity contribution is 0.318. The maximum atomic E-state index is 8.69. The van der Waals surface area contributed by atoms with E-state index in [1.807, 2.05) is 19.2 Å². The summed E-state index contributed by atoms with van der Waals surface area (Å²) >= 11 is 3.04. The Morgan fingerprint density at radius 2 is 2.11 bits per heavy atom. The molecule has 0 spiro atoms. The van der Waals surface area contributed by atoms with Crippen molar-refractivity contribution in [1.29, 1.82) is 0 Å². The predicted octanol–water partition coefficient (Wildman–Crippen LogP) is 2.40. The van der Waals surface area contributed by atoms with Gasteiger partial charge in [-0.2, -0.15) is 0 Å². The number of pyridine rings is 1. The Balaban J connectivity index is 2.31. The Labute approximate surface area is 113 Å². The van der Waals surface area contributed by atoms with E-state index in [2.05, 4.69) is 15.1 Å². The molecule has 0 atom stereocenters. The number of oxime groups is 1. The van der Waals surface area contributed by atoms with Gasteiger partial charge in [-0.1, -0.05) is 5.16 Å². The summed E-state index contributed by atoms with van der Waals surface area (Å²) in [6.07, 6.45) is 0. The van der Waals surface area contributed by atoms with Gasteiger partial charge in [0.25, 0.3) is 0 Å². The first kappa shape index (κ1) is 12.8. The van der Waals surface area contributed by atoms with Gasteiger partial charge < -0.3 is 10.9 Å². The van der Waals surface area contributed by atoms with Crippen molar-refractivity contribution in [2.24, 2.45) is 10.9 Å². The first-order chi connectivity index (χ1) is 8.58. The van der Waals surface area contributed by atoms with Crippen molar-refractivity contribution in [2.75, 3.05) is 0 Å². The average Bonchev–Trinajstić information content (AvgIpc) is 2.73. The van der Waals surface area contributed by atoms with E-state index in [-0.39, 0.29) is 5.84 Å². The molecule has 2 aromatic rings. The molecule has 94 valence electrons. The first-order valence-electron chi connectivity index (χ1n) is 5.15. The zero-order chi connectivity index (χ0) is 13.1. The van der Waals surface area contributed by atoms with E-state index >= 15 is 0 Å². The summed E-state index contributed by atoms with van der Waals surface area (Å²) in [6.45, 7) is 3.82. The van der Waals surface area contributed by atoms with Crippen molar-refractivity contribution in [1.82, 2.24) is 9.97 Å². The summed E-state index contributed by atoms with van der Waals surface area (Å²) in [6, 6.07) is 3.55. The molecule has 18 heavy (non-hydrogen) atoms. The zero-order valence-corrected chi connectivity index (χ0v) is 11.5. The van der Waals surface area contributed by atoms with Crippen LogP contribution in [0.15, 0.2) is 32.0 Å². The number of rotatable bonds is 3. The number of thiazole rings is 1. The van der Waals surface area contributed by atoms with Crippen molar-refractivity contribution < 1.29 is 5.21 Å². The van der Waals surface area contributed by atoms with Crippen LogP contribution in [0.3, 0.4) is 0 Å². The maximum Gasteiger partial charge on any atom is 0.170 e. The summed E-state index contributed by atoms with van der Waals surface area (Å²) < 4.78 is 0.927. The molecule has 5 nitrogen and oxygen atoms in total.